The molecule has 1 aromatic heterocycles. The van der Waals surface area contributed by atoms with Crippen LogP contribution in [-0.4, -0.2) is 27.4 Å². The van der Waals surface area contributed by atoms with Crippen LogP contribution in [0.5, 0.6) is 0 Å². The van der Waals surface area contributed by atoms with Crippen LogP contribution in [0.4, 0.5) is 10.1 Å². The number of aromatic nitrogens is 2. The van der Waals surface area contributed by atoms with Crippen molar-refractivity contribution in [2.45, 2.75) is 38.0 Å². The molecule has 0 bridgehead atoms. The van der Waals surface area contributed by atoms with E-state index in [1.807, 2.05) is 36.4 Å². The minimum atomic E-state index is -0.704. The number of nitrogens with one attached hydrogen (secondary N) is 2. The number of aliphatic carboxylic acids is 1. The molecular weight excluding hydrogens is 471 g/mol. The average Bonchev–Trinajstić information content (AvgIpc) is 3.59. The summed E-state index contributed by atoms with van der Waals surface area (Å²) in [5.41, 5.74) is 10.5. The second kappa shape index (κ2) is 9.76. The summed E-state index contributed by atoms with van der Waals surface area (Å²) in [6.07, 6.45) is 5.89. The Labute approximate surface area is 213 Å². The molecule has 1 fully saturated rings. The number of nitrogens with two attached hydrogens (primary N) is 1. The number of aromatic amines is 1. The zero-order chi connectivity index (χ0) is 25.4. The van der Waals surface area contributed by atoms with Crippen LogP contribution >= 0.6 is 0 Å². The normalized spacial score (nSPS) is 19.5. The van der Waals surface area contributed by atoms with E-state index in [4.69, 9.17) is 5.11 Å². The van der Waals surface area contributed by atoms with Crippen LogP contribution in [0.2, 0.25) is 0 Å². The minimum Gasteiger partial charge on any atom is -0.481 e. The first-order valence-corrected chi connectivity index (χ1v) is 12.6. The van der Waals surface area contributed by atoms with E-state index in [1.54, 1.807) is 29.0 Å². The van der Waals surface area contributed by atoms with E-state index in [0.29, 0.717) is 23.2 Å². The van der Waals surface area contributed by atoms with Gasteiger partial charge in [-0.1, -0.05) is 35.4 Å². The van der Waals surface area contributed by atoms with Gasteiger partial charge in [0.1, 0.15) is 11.6 Å². The first-order valence-electron chi connectivity index (χ1n) is 12.6. The lowest BCUT2D eigenvalue weighted by Crippen LogP contribution is -2.87. The number of nitrogens with zero attached hydrogens (tertiary/aromatic N) is 3. The van der Waals surface area contributed by atoms with Crippen LogP contribution in [0.15, 0.2) is 65.8 Å². The van der Waals surface area contributed by atoms with Crippen LogP contribution < -0.4 is 16.1 Å². The second-order valence-electron chi connectivity index (χ2n) is 9.81. The SMILES string of the molecule is O=C(O)CC1CCC(c2ccc(-c3ccc(-c4nc5ccc(N6C=N[NH2+]N6)cc5[nH]4)c(F)c3)cc2)CC1. The van der Waals surface area contributed by atoms with Gasteiger partial charge in [-0.3, -0.25) is 4.79 Å². The van der Waals surface area contributed by atoms with Crippen molar-refractivity contribution >= 4 is 29.0 Å². The predicted molar refractivity (Wildman–Crippen MR) is 140 cm³/mol. The van der Waals surface area contributed by atoms with Gasteiger partial charge in [0.15, 0.2) is 6.34 Å². The summed E-state index contributed by atoms with van der Waals surface area (Å²) in [4.78, 5) is 18.8. The molecule has 37 heavy (non-hydrogen) atoms. The summed E-state index contributed by atoms with van der Waals surface area (Å²) >= 11 is 0. The number of hydrogen-bond donors (Lipinski definition) is 4. The highest BCUT2D eigenvalue weighted by atomic mass is 19.1. The zero-order valence-corrected chi connectivity index (χ0v) is 20.2. The van der Waals surface area contributed by atoms with E-state index in [1.165, 1.54) is 5.56 Å². The van der Waals surface area contributed by atoms with Crippen molar-refractivity contribution in [1.29, 1.82) is 0 Å². The average molecular weight is 500 g/mol. The maximum atomic E-state index is 15.2. The van der Waals surface area contributed by atoms with Gasteiger partial charge in [-0.25, -0.2) is 14.4 Å². The molecule has 2 aliphatic rings. The van der Waals surface area contributed by atoms with Crippen molar-refractivity contribution in [2.24, 2.45) is 11.0 Å². The lowest BCUT2D eigenvalue weighted by atomic mass is 9.77. The number of carboxylic acids is 1. The second-order valence-corrected chi connectivity index (χ2v) is 9.81. The van der Waals surface area contributed by atoms with E-state index in [0.717, 1.165) is 53.5 Å². The van der Waals surface area contributed by atoms with E-state index >= 15 is 4.39 Å². The lowest BCUT2D eigenvalue weighted by molar-refractivity contribution is -0.708. The van der Waals surface area contributed by atoms with Crippen molar-refractivity contribution < 1.29 is 19.8 Å². The molecule has 1 aliphatic carbocycles. The van der Waals surface area contributed by atoms with Gasteiger partial charge in [-0.15, -0.1) is 5.53 Å². The number of imidazole rings is 1. The van der Waals surface area contributed by atoms with Crippen molar-refractivity contribution in [3.05, 3.63) is 72.0 Å². The van der Waals surface area contributed by atoms with Gasteiger partial charge in [0.25, 0.3) is 0 Å². The number of fused-ring (bicyclic) bond motifs is 1. The van der Waals surface area contributed by atoms with Crippen LogP contribution in [0.1, 0.15) is 43.6 Å². The number of quaternary nitrogens is 1. The summed E-state index contributed by atoms with van der Waals surface area (Å²) < 4.78 is 15.2. The fourth-order valence-corrected chi connectivity index (χ4v) is 5.43. The molecular formula is C28H28FN6O2+. The third-order valence-electron chi connectivity index (χ3n) is 7.45. The quantitative estimate of drug-likeness (QED) is 0.292. The van der Waals surface area contributed by atoms with Crippen LogP contribution in [0.25, 0.3) is 33.5 Å². The van der Waals surface area contributed by atoms with E-state index in [2.05, 4.69) is 32.7 Å². The fraction of sp³-hybridized carbons (Fsp3) is 0.250. The molecule has 1 saturated carbocycles. The Bertz CT molecular complexity index is 1470. The predicted octanol–water partition coefficient (Wildman–Crippen LogP) is 4.53. The van der Waals surface area contributed by atoms with Gasteiger partial charge in [0.05, 0.1) is 22.3 Å². The highest BCUT2D eigenvalue weighted by molar-refractivity contribution is 5.87. The Morgan fingerprint density at radius 2 is 1.81 bits per heavy atom. The first-order chi connectivity index (χ1) is 18.0. The Balaban J connectivity index is 1.17. The summed E-state index contributed by atoms with van der Waals surface area (Å²) in [6, 6.07) is 19.3. The largest absolute Gasteiger partial charge is 0.481 e. The molecule has 0 radical (unpaired) electrons. The van der Waals surface area contributed by atoms with Crippen molar-refractivity contribution in [3.8, 4) is 22.5 Å². The molecule has 9 heteroatoms. The Morgan fingerprint density at radius 1 is 1.03 bits per heavy atom. The smallest absolute Gasteiger partial charge is 0.303 e. The van der Waals surface area contributed by atoms with Crippen molar-refractivity contribution in [1.82, 2.24) is 15.5 Å². The number of H-pyrrole nitrogens is 1. The molecule has 5 N–H and O–H groups in total. The fourth-order valence-electron chi connectivity index (χ4n) is 5.43. The molecule has 0 saturated heterocycles. The Hall–Kier alpha value is -4.08. The van der Waals surface area contributed by atoms with E-state index in [9.17, 15) is 4.79 Å². The monoisotopic (exact) mass is 499 g/mol. The summed E-state index contributed by atoms with van der Waals surface area (Å²) in [6.45, 7) is 0. The van der Waals surface area contributed by atoms with Gasteiger partial charge in [0, 0.05) is 6.42 Å². The lowest BCUT2D eigenvalue weighted by Gasteiger charge is -2.28. The third-order valence-corrected chi connectivity index (χ3v) is 7.45. The number of rotatable bonds is 6. The number of carbonyl (C=O) groups is 1. The molecule has 188 valence electrons. The number of halogens is 1. The van der Waals surface area contributed by atoms with Crippen molar-refractivity contribution in [3.63, 3.8) is 0 Å². The molecule has 0 amide bonds. The van der Waals surface area contributed by atoms with Crippen LogP contribution in [-0.2, 0) is 4.79 Å². The van der Waals surface area contributed by atoms with Gasteiger partial charge < -0.3 is 10.1 Å². The van der Waals surface area contributed by atoms with Gasteiger partial charge >= 0.3 is 5.97 Å². The highest BCUT2D eigenvalue weighted by Crippen LogP contribution is 2.38. The molecule has 4 aromatic rings. The topological polar surface area (TPSA) is 110 Å². The summed E-state index contributed by atoms with van der Waals surface area (Å²) in [7, 11) is 0. The number of hydrazine groups is 1. The minimum absolute atomic E-state index is 0.270. The van der Waals surface area contributed by atoms with Crippen LogP contribution in [0, 0.1) is 11.7 Å². The maximum absolute atomic E-state index is 15.2. The maximum Gasteiger partial charge on any atom is 0.303 e. The molecule has 0 atom stereocenters. The third kappa shape index (κ3) is 4.83. The van der Waals surface area contributed by atoms with Crippen molar-refractivity contribution in [2.75, 3.05) is 5.01 Å². The molecule has 0 unspecified atom stereocenters. The van der Waals surface area contributed by atoms with E-state index < -0.39 is 5.97 Å². The molecule has 1 aliphatic heterocycles. The molecule has 6 rings (SSSR count). The molecule has 2 heterocycles. The highest BCUT2D eigenvalue weighted by Gasteiger charge is 2.24. The number of anilines is 1. The van der Waals surface area contributed by atoms with E-state index in [-0.39, 0.29) is 12.2 Å². The van der Waals surface area contributed by atoms with Gasteiger partial charge in [-0.05, 0) is 90.1 Å². The number of hydrogen-bond acceptors (Lipinski definition) is 5. The number of benzene rings is 3. The Kier molecular flexibility index (Phi) is 6.15. The zero-order valence-electron chi connectivity index (χ0n) is 20.2. The van der Waals surface area contributed by atoms with Gasteiger partial charge in [0.2, 0.25) is 0 Å². The molecule has 8 nitrogen and oxygen atoms in total. The summed E-state index contributed by atoms with van der Waals surface area (Å²) in [5, 5.41) is 14.8. The van der Waals surface area contributed by atoms with Gasteiger partial charge in [-0.2, -0.15) is 0 Å². The molecule has 0 spiro atoms. The molecule has 3 aromatic carbocycles. The first kappa shape index (κ1) is 23.3. The summed E-state index contributed by atoms with van der Waals surface area (Å²) in [5.74, 6) is 0.196. The standard InChI is InChI=1S/C28H27FN6O2/c29-24-14-21(20-7-5-19(6-8-20)18-3-1-17(2-4-18)13-27(36)37)9-11-23(24)28-31-25-12-10-22(15-26(25)32-28)35-16-30-33-34-35/h5-12,14-18,33-34H,1-4,13H2,(H,31,32)(H,36,37)/p+1. The van der Waals surface area contributed by atoms with Crippen LogP contribution in [0.3, 0.4) is 0 Å². The Morgan fingerprint density at radius 3 is 2.51 bits per heavy atom. The number of carboxylic acid groups (broad SMARTS) is 1.